The van der Waals surface area contributed by atoms with Crippen LogP contribution in [0.2, 0.25) is 0 Å². The molecule has 0 amide bonds. The summed E-state index contributed by atoms with van der Waals surface area (Å²) in [5.41, 5.74) is -0.899. The van der Waals surface area contributed by atoms with Gasteiger partial charge in [0.05, 0.1) is 22.6 Å². The number of fused-ring (bicyclic) bond motifs is 2. The van der Waals surface area contributed by atoms with Gasteiger partial charge in [-0.3, -0.25) is 9.59 Å². The highest BCUT2D eigenvalue weighted by Gasteiger charge is 2.60. The molecule has 4 aliphatic rings. The fourth-order valence-electron chi connectivity index (χ4n) is 4.40. The summed E-state index contributed by atoms with van der Waals surface area (Å²) in [5, 5.41) is 20.1. The summed E-state index contributed by atoms with van der Waals surface area (Å²) in [5.74, 6) is -2.27. The highest BCUT2D eigenvalue weighted by atomic mass is 16.5. The summed E-state index contributed by atoms with van der Waals surface area (Å²) < 4.78 is 5.64. The van der Waals surface area contributed by atoms with E-state index in [0.29, 0.717) is 6.42 Å². The van der Waals surface area contributed by atoms with Gasteiger partial charge in [-0.05, 0) is 30.9 Å². The Hall–Kier alpha value is -2.14. The lowest BCUT2D eigenvalue weighted by molar-refractivity contribution is -0.0693. The lowest BCUT2D eigenvalue weighted by atomic mass is 9.53. The van der Waals surface area contributed by atoms with Gasteiger partial charge in [-0.1, -0.05) is 12.2 Å². The minimum Gasteiger partial charge on any atom is -0.507 e. The van der Waals surface area contributed by atoms with Gasteiger partial charge >= 0.3 is 0 Å². The highest BCUT2D eigenvalue weighted by Crippen LogP contribution is 2.55. The van der Waals surface area contributed by atoms with Crippen LogP contribution in [-0.4, -0.2) is 34.5 Å². The molecule has 0 radical (unpaired) electrons. The second-order valence-electron chi connectivity index (χ2n) is 6.31. The Morgan fingerprint density at radius 1 is 1.14 bits per heavy atom. The monoisotopic (exact) mass is 300 g/mol. The van der Waals surface area contributed by atoms with Crippen molar-refractivity contribution in [2.24, 2.45) is 17.8 Å². The van der Waals surface area contributed by atoms with Crippen molar-refractivity contribution >= 4 is 11.6 Å². The SMILES string of the molecule is COC12C=CC(CC1)C1C(=O)c3c(O)ccc(O)c3C(=O)C12. The van der Waals surface area contributed by atoms with E-state index in [1.54, 1.807) is 7.11 Å². The molecule has 5 nitrogen and oxygen atoms in total. The quantitative estimate of drug-likeness (QED) is 0.613. The van der Waals surface area contributed by atoms with E-state index in [9.17, 15) is 19.8 Å². The van der Waals surface area contributed by atoms with Crippen LogP contribution in [0.3, 0.4) is 0 Å². The molecule has 22 heavy (non-hydrogen) atoms. The van der Waals surface area contributed by atoms with Crippen molar-refractivity contribution in [2.45, 2.75) is 18.4 Å². The Morgan fingerprint density at radius 2 is 1.77 bits per heavy atom. The fraction of sp³-hybridized carbons (Fsp3) is 0.412. The number of ether oxygens (including phenoxy) is 1. The number of benzene rings is 1. The lowest BCUT2D eigenvalue weighted by Gasteiger charge is -2.52. The first-order valence-corrected chi connectivity index (χ1v) is 7.38. The van der Waals surface area contributed by atoms with Gasteiger partial charge in [-0.25, -0.2) is 0 Å². The van der Waals surface area contributed by atoms with E-state index in [1.807, 2.05) is 12.2 Å². The van der Waals surface area contributed by atoms with Crippen molar-refractivity contribution in [2.75, 3.05) is 7.11 Å². The number of Topliss-reactive ketones (excluding diaryl/α,β-unsaturated/α-hetero) is 2. The molecule has 0 heterocycles. The van der Waals surface area contributed by atoms with Crippen molar-refractivity contribution in [1.29, 1.82) is 0 Å². The predicted molar refractivity (Wildman–Crippen MR) is 77.0 cm³/mol. The number of aromatic hydroxyl groups is 2. The zero-order chi connectivity index (χ0) is 15.6. The van der Waals surface area contributed by atoms with Gasteiger partial charge in [-0.15, -0.1) is 0 Å². The molecular weight excluding hydrogens is 284 g/mol. The number of phenols is 2. The maximum Gasteiger partial charge on any atom is 0.174 e. The van der Waals surface area contributed by atoms with Gasteiger partial charge < -0.3 is 14.9 Å². The normalized spacial score (nSPS) is 35.4. The topological polar surface area (TPSA) is 83.8 Å². The molecule has 0 spiro atoms. The molecule has 0 aromatic heterocycles. The number of allylic oxidation sites excluding steroid dienone is 1. The zero-order valence-corrected chi connectivity index (χ0v) is 12.1. The first-order chi connectivity index (χ1) is 10.5. The Labute approximate surface area is 127 Å². The molecule has 114 valence electrons. The number of hydrogen-bond acceptors (Lipinski definition) is 5. The van der Waals surface area contributed by atoms with E-state index in [0.717, 1.165) is 6.42 Å². The summed E-state index contributed by atoms with van der Waals surface area (Å²) in [4.78, 5) is 25.9. The molecule has 2 bridgehead atoms. The Kier molecular flexibility index (Phi) is 2.58. The largest absolute Gasteiger partial charge is 0.507 e. The molecule has 5 heteroatoms. The average Bonchev–Trinajstić information content (AvgIpc) is 2.55. The first-order valence-electron chi connectivity index (χ1n) is 7.38. The average molecular weight is 300 g/mol. The van der Waals surface area contributed by atoms with Gasteiger partial charge in [0.25, 0.3) is 0 Å². The molecule has 4 aliphatic carbocycles. The summed E-state index contributed by atoms with van der Waals surface area (Å²) >= 11 is 0. The molecule has 4 atom stereocenters. The minimum atomic E-state index is -0.790. The van der Waals surface area contributed by atoms with Crippen LogP contribution in [-0.2, 0) is 4.74 Å². The molecular formula is C17H16O5. The third kappa shape index (κ3) is 1.42. The predicted octanol–water partition coefficient (Wildman–Crippen LogP) is 2.07. The van der Waals surface area contributed by atoms with Crippen LogP contribution in [0.4, 0.5) is 0 Å². The second kappa shape index (κ2) is 4.20. The van der Waals surface area contributed by atoms with Crippen molar-refractivity contribution in [3.05, 3.63) is 35.4 Å². The van der Waals surface area contributed by atoms with Crippen LogP contribution in [0.15, 0.2) is 24.3 Å². The van der Waals surface area contributed by atoms with Crippen LogP contribution in [0, 0.1) is 17.8 Å². The van der Waals surface area contributed by atoms with Gasteiger partial charge in [0.2, 0.25) is 0 Å². The van der Waals surface area contributed by atoms with Crippen LogP contribution in [0.5, 0.6) is 11.5 Å². The third-order valence-corrected chi connectivity index (χ3v) is 5.46. The summed E-state index contributed by atoms with van der Waals surface area (Å²) in [6.07, 6.45) is 5.29. The van der Waals surface area contributed by atoms with Crippen molar-refractivity contribution in [1.82, 2.24) is 0 Å². The number of methoxy groups -OCH3 is 1. The summed E-state index contributed by atoms with van der Waals surface area (Å²) in [6, 6.07) is 2.50. The number of rotatable bonds is 1. The van der Waals surface area contributed by atoms with E-state index in [4.69, 9.17) is 4.74 Å². The minimum absolute atomic E-state index is 0.0200. The molecule has 2 N–H and O–H groups in total. The Balaban J connectivity index is 1.99. The molecule has 0 saturated heterocycles. The zero-order valence-electron chi connectivity index (χ0n) is 12.1. The van der Waals surface area contributed by atoms with Gasteiger partial charge in [0.15, 0.2) is 11.6 Å². The molecule has 4 unspecified atom stereocenters. The first kappa shape index (κ1) is 13.5. The standard InChI is InChI=1S/C17H16O5/c1-22-17-6-4-8(5-7-17)11-14(17)16(21)13-10(19)3-2-9(18)12(13)15(11)20/h2-4,6,8,11,14,18-19H,5,7H2,1H3. The van der Waals surface area contributed by atoms with E-state index in [1.165, 1.54) is 12.1 Å². The second-order valence-corrected chi connectivity index (χ2v) is 6.31. The highest BCUT2D eigenvalue weighted by molar-refractivity contribution is 6.19. The van der Waals surface area contributed by atoms with E-state index < -0.39 is 17.4 Å². The maximum absolute atomic E-state index is 13.0. The molecule has 1 fully saturated rings. The number of ketones is 2. The number of phenolic OH excluding ortho intramolecular Hbond substituents is 2. The number of carbonyl (C=O) groups is 2. The van der Waals surface area contributed by atoms with Crippen LogP contribution < -0.4 is 0 Å². The smallest absolute Gasteiger partial charge is 0.174 e. The maximum atomic E-state index is 13.0. The molecule has 1 aromatic rings. The van der Waals surface area contributed by atoms with Crippen LogP contribution in [0.25, 0.3) is 0 Å². The van der Waals surface area contributed by atoms with Crippen molar-refractivity contribution in [3.63, 3.8) is 0 Å². The van der Waals surface area contributed by atoms with E-state index >= 15 is 0 Å². The summed E-state index contributed by atoms with van der Waals surface area (Å²) in [7, 11) is 1.54. The molecule has 1 aromatic carbocycles. The summed E-state index contributed by atoms with van der Waals surface area (Å²) in [6.45, 7) is 0. The molecule has 5 rings (SSSR count). The van der Waals surface area contributed by atoms with E-state index in [2.05, 4.69) is 0 Å². The molecule has 0 aliphatic heterocycles. The fourth-order valence-corrected chi connectivity index (χ4v) is 4.40. The lowest BCUT2D eigenvalue weighted by Crippen LogP contribution is -2.58. The van der Waals surface area contributed by atoms with Crippen molar-refractivity contribution in [3.8, 4) is 11.5 Å². The van der Waals surface area contributed by atoms with Gasteiger partial charge in [-0.2, -0.15) is 0 Å². The Bertz CT molecular complexity index is 735. The van der Waals surface area contributed by atoms with Crippen molar-refractivity contribution < 1.29 is 24.5 Å². The van der Waals surface area contributed by atoms with Crippen LogP contribution >= 0.6 is 0 Å². The third-order valence-electron chi connectivity index (χ3n) is 5.46. The van der Waals surface area contributed by atoms with Gasteiger partial charge in [0, 0.05) is 13.0 Å². The Morgan fingerprint density at radius 3 is 2.32 bits per heavy atom. The number of hydrogen-bond donors (Lipinski definition) is 2. The van der Waals surface area contributed by atoms with E-state index in [-0.39, 0.29) is 40.1 Å². The molecule has 1 saturated carbocycles. The van der Waals surface area contributed by atoms with Gasteiger partial charge in [0.1, 0.15) is 11.5 Å². The number of carbonyl (C=O) groups excluding carboxylic acids is 2. The van der Waals surface area contributed by atoms with Crippen LogP contribution in [0.1, 0.15) is 33.6 Å².